The van der Waals surface area contributed by atoms with E-state index < -0.39 is 6.09 Å². The molecule has 1 aliphatic heterocycles. The molecule has 0 aromatic rings. The fourth-order valence-corrected chi connectivity index (χ4v) is 3.79. The molecular formula is C14H19NO3. The lowest BCUT2D eigenvalue weighted by atomic mass is 9.79. The molecule has 1 saturated heterocycles. The second kappa shape index (κ2) is 4.41. The van der Waals surface area contributed by atoms with E-state index in [0.29, 0.717) is 30.9 Å². The van der Waals surface area contributed by atoms with Gasteiger partial charge in [-0.25, -0.2) is 9.69 Å². The summed E-state index contributed by atoms with van der Waals surface area (Å²) in [5.74, 6) is 1.30. The summed E-state index contributed by atoms with van der Waals surface area (Å²) in [5.41, 5.74) is 0. The zero-order valence-electron chi connectivity index (χ0n) is 10.7. The largest absolute Gasteiger partial charge is 0.447 e. The Morgan fingerprint density at radius 1 is 1.44 bits per heavy atom. The number of rotatable bonds is 3. The SMILES string of the molecule is CCC[C@H]1[C@H](C(=O)N2CCOC2=O)[C@@H]2C=C[C@H]1C2. The molecule has 2 amide bonds. The molecule has 4 heteroatoms. The number of carbonyl (C=O) groups excluding carboxylic acids is 2. The molecule has 0 aromatic heterocycles. The van der Waals surface area contributed by atoms with Gasteiger partial charge in [0.25, 0.3) is 0 Å². The summed E-state index contributed by atoms with van der Waals surface area (Å²) in [6.07, 6.45) is 7.23. The molecule has 2 bridgehead atoms. The minimum atomic E-state index is -0.456. The van der Waals surface area contributed by atoms with Gasteiger partial charge in [-0.2, -0.15) is 0 Å². The number of hydrogen-bond donors (Lipinski definition) is 0. The van der Waals surface area contributed by atoms with Crippen LogP contribution in [0.2, 0.25) is 0 Å². The Bertz CT molecular complexity index is 404. The smallest absolute Gasteiger partial charge is 0.416 e. The summed E-state index contributed by atoms with van der Waals surface area (Å²) in [6.45, 7) is 2.93. The van der Waals surface area contributed by atoms with Gasteiger partial charge in [-0.05, 0) is 30.6 Å². The van der Waals surface area contributed by atoms with Crippen LogP contribution in [0.4, 0.5) is 4.79 Å². The highest BCUT2D eigenvalue weighted by Gasteiger charge is 2.50. The first kappa shape index (κ1) is 11.8. The van der Waals surface area contributed by atoms with Crippen molar-refractivity contribution in [3.05, 3.63) is 12.2 Å². The van der Waals surface area contributed by atoms with Gasteiger partial charge in [-0.1, -0.05) is 25.5 Å². The maximum atomic E-state index is 12.5. The molecule has 18 heavy (non-hydrogen) atoms. The quantitative estimate of drug-likeness (QED) is 0.720. The maximum absolute atomic E-state index is 12.5. The lowest BCUT2D eigenvalue weighted by molar-refractivity contribution is -0.134. The van der Waals surface area contributed by atoms with Gasteiger partial charge in [0, 0.05) is 5.92 Å². The van der Waals surface area contributed by atoms with Gasteiger partial charge < -0.3 is 4.74 Å². The van der Waals surface area contributed by atoms with Crippen molar-refractivity contribution >= 4 is 12.0 Å². The average molecular weight is 249 g/mol. The second-order valence-electron chi connectivity index (χ2n) is 5.53. The van der Waals surface area contributed by atoms with E-state index in [-0.39, 0.29) is 11.8 Å². The summed E-state index contributed by atoms with van der Waals surface area (Å²) in [4.78, 5) is 25.3. The van der Waals surface area contributed by atoms with Gasteiger partial charge in [0.2, 0.25) is 5.91 Å². The standard InChI is InChI=1S/C14H19NO3/c1-2-3-11-9-4-5-10(8-9)12(11)13(16)15-6-7-18-14(15)17/h4-5,9-12H,2-3,6-8H2,1H3/t9-,10+,11+,12+/m0/s1. The van der Waals surface area contributed by atoms with Crippen LogP contribution >= 0.6 is 0 Å². The van der Waals surface area contributed by atoms with Gasteiger partial charge in [-0.3, -0.25) is 4.79 Å². The molecule has 4 atom stereocenters. The average Bonchev–Trinajstić information content (AvgIpc) is 3.03. The van der Waals surface area contributed by atoms with E-state index in [2.05, 4.69) is 19.1 Å². The minimum Gasteiger partial charge on any atom is -0.447 e. The number of cyclic esters (lactones) is 1. The number of nitrogens with zero attached hydrogens (tertiary/aromatic N) is 1. The molecular weight excluding hydrogens is 230 g/mol. The Hall–Kier alpha value is -1.32. The first-order valence-corrected chi connectivity index (χ1v) is 6.89. The summed E-state index contributed by atoms with van der Waals surface area (Å²) >= 11 is 0. The number of carbonyl (C=O) groups is 2. The summed E-state index contributed by atoms with van der Waals surface area (Å²) in [5, 5.41) is 0. The van der Waals surface area contributed by atoms with Crippen molar-refractivity contribution in [2.75, 3.05) is 13.2 Å². The number of allylic oxidation sites excluding steroid dienone is 2. The zero-order chi connectivity index (χ0) is 12.7. The fraction of sp³-hybridized carbons (Fsp3) is 0.714. The van der Waals surface area contributed by atoms with Crippen molar-refractivity contribution in [1.29, 1.82) is 0 Å². The van der Waals surface area contributed by atoms with E-state index in [4.69, 9.17) is 4.74 Å². The van der Waals surface area contributed by atoms with Crippen molar-refractivity contribution in [3.8, 4) is 0 Å². The molecule has 0 aromatic carbocycles. The van der Waals surface area contributed by atoms with Crippen molar-refractivity contribution < 1.29 is 14.3 Å². The molecule has 1 heterocycles. The lowest BCUT2D eigenvalue weighted by Crippen LogP contribution is -2.41. The van der Waals surface area contributed by atoms with E-state index >= 15 is 0 Å². The number of amides is 2. The Kier molecular flexibility index (Phi) is 2.88. The van der Waals surface area contributed by atoms with Crippen LogP contribution in [0.5, 0.6) is 0 Å². The Labute approximate surface area is 107 Å². The third-order valence-electron chi connectivity index (χ3n) is 4.56. The molecule has 4 nitrogen and oxygen atoms in total. The molecule has 3 aliphatic rings. The Balaban J connectivity index is 1.79. The highest BCUT2D eigenvalue weighted by molar-refractivity contribution is 5.95. The lowest BCUT2D eigenvalue weighted by Gasteiger charge is -2.28. The van der Waals surface area contributed by atoms with Gasteiger partial charge in [-0.15, -0.1) is 0 Å². The summed E-state index contributed by atoms with van der Waals surface area (Å²) in [7, 11) is 0. The number of fused-ring (bicyclic) bond motifs is 2. The van der Waals surface area contributed by atoms with Gasteiger partial charge >= 0.3 is 6.09 Å². The van der Waals surface area contributed by atoms with E-state index in [9.17, 15) is 9.59 Å². The number of ether oxygens (including phenoxy) is 1. The van der Waals surface area contributed by atoms with Crippen molar-refractivity contribution in [2.45, 2.75) is 26.2 Å². The summed E-state index contributed by atoms with van der Waals surface area (Å²) in [6, 6.07) is 0. The Morgan fingerprint density at radius 2 is 2.22 bits per heavy atom. The van der Waals surface area contributed by atoms with E-state index in [1.54, 1.807) is 0 Å². The third-order valence-corrected chi connectivity index (χ3v) is 4.56. The molecule has 98 valence electrons. The van der Waals surface area contributed by atoms with Crippen molar-refractivity contribution in [2.24, 2.45) is 23.7 Å². The molecule has 2 fully saturated rings. The summed E-state index contributed by atoms with van der Waals surface area (Å²) < 4.78 is 4.87. The van der Waals surface area contributed by atoms with Crippen LogP contribution in [0.25, 0.3) is 0 Å². The number of imide groups is 1. The van der Waals surface area contributed by atoms with Gasteiger partial charge in [0.05, 0.1) is 6.54 Å². The molecule has 0 unspecified atom stereocenters. The van der Waals surface area contributed by atoms with Gasteiger partial charge in [0.15, 0.2) is 0 Å². The minimum absolute atomic E-state index is 0.00519. The predicted molar refractivity (Wildman–Crippen MR) is 65.7 cm³/mol. The van der Waals surface area contributed by atoms with Crippen LogP contribution in [0, 0.1) is 23.7 Å². The predicted octanol–water partition coefficient (Wildman–Crippen LogP) is 2.20. The van der Waals surface area contributed by atoms with E-state index in [0.717, 1.165) is 19.3 Å². The highest BCUT2D eigenvalue weighted by Crippen LogP contribution is 2.50. The molecule has 0 N–H and O–H groups in total. The highest BCUT2D eigenvalue weighted by atomic mass is 16.6. The van der Waals surface area contributed by atoms with E-state index in [1.165, 1.54) is 4.90 Å². The number of hydrogen-bond acceptors (Lipinski definition) is 3. The first-order chi connectivity index (χ1) is 8.72. The zero-order valence-corrected chi connectivity index (χ0v) is 10.7. The van der Waals surface area contributed by atoms with Crippen LogP contribution in [0.3, 0.4) is 0 Å². The van der Waals surface area contributed by atoms with Crippen LogP contribution in [0.15, 0.2) is 12.2 Å². The molecule has 3 rings (SSSR count). The first-order valence-electron chi connectivity index (χ1n) is 6.89. The van der Waals surface area contributed by atoms with Crippen molar-refractivity contribution in [1.82, 2.24) is 4.90 Å². The molecule has 2 aliphatic carbocycles. The molecule has 1 saturated carbocycles. The van der Waals surface area contributed by atoms with E-state index in [1.807, 2.05) is 0 Å². The van der Waals surface area contributed by atoms with Crippen molar-refractivity contribution in [3.63, 3.8) is 0 Å². The third kappa shape index (κ3) is 1.66. The van der Waals surface area contributed by atoms with Crippen LogP contribution in [-0.4, -0.2) is 30.1 Å². The molecule has 0 spiro atoms. The Morgan fingerprint density at radius 3 is 2.89 bits per heavy atom. The fourth-order valence-electron chi connectivity index (χ4n) is 3.79. The topological polar surface area (TPSA) is 46.6 Å². The van der Waals surface area contributed by atoms with Crippen LogP contribution < -0.4 is 0 Å². The normalized spacial score (nSPS) is 37.4. The second-order valence-corrected chi connectivity index (χ2v) is 5.53. The van der Waals surface area contributed by atoms with Crippen LogP contribution in [-0.2, 0) is 9.53 Å². The molecule has 0 radical (unpaired) electrons. The van der Waals surface area contributed by atoms with Gasteiger partial charge in [0.1, 0.15) is 6.61 Å². The monoisotopic (exact) mass is 249 g/mol. The van der Waals surface area contributed by atoms with Crippen LogP contribution in [0.1, 0.15) is 26.2 Å². The maximum Gasteiger partial charge on any atom is 0.416 e.